The van der Waals surface area contributed by atoms with Crippen LogP contribution in [0.4, 0.5) is 0 Å². The van der Waals surface area contributed by atoms with Crippen molar-refractivity contribution in [3.05, 3.63) is 39.2 Å². The predicted molar refractivity (Wildman–Crippen MR) is 79.4 cm³/mol. The van der Waals surface area contributed by atoms with E-state index in [4.69, 9.17) is 16.3 Å². The molecule has 106 valence electrons. The molecule has 2 aromatic heterocycles. The summed E-state index contributed by atoms with van der Waals surface area (Å²) in [6, 6.07) is 3.41. The summed E-state index contributed by atoms with van der Waals surface area (Å²) < 4.78 is 7.10. The average molecular weight is 359 g/mol. The van der Waals surface area contributed by atoms with Crippen LogP contribution in [0.3, 0.4) is 0 Å². The second-order valence-corrected chi connectivity index (χ2v) is 5.07. The van der Waals surface area contributed by atoms with Crippen LogP contribution in [0, 0.1) is 0 Å². The van der Waals surface area contributed by atoms with Crippen molar-refractivity contribution < 1.29 is 9.53 Å². The van der Waals surface area contributed by atoms with Gasteiger partial charge in [0.25, 0.3) is 0 Å². The summed E-state index contributed by atoms with van der Waals surface area (Å²) in [5.74, 6) is -0.0399. The van der Waals surface area contributed by atoms with Crippen molar-refractivity contribution in [2.24, 2.45) is 0 Å². The van der Waals surface area contributed by atoms with Crippen molar-refractivity contribution in [3.8, 4) is 5.82 Å². The molecule has 0 aromatic carbocycles. The summed E-state index contributed by atoms with van der Waals surface area (Å²) in [5, 5.41) is 4.71. The molecule has 0 atom stereocenters. The van der Waals surface area contributed by atoms with Crippen molar-refractivity contribution in [1.82, 2.24) is 14.8 Å². The molecule has 0 N–H and O–H groups in total. The zero-order valence-corrected chi connectivity index (χ0v) is 13.4. The molecule has 20 heavy (non-hydrogen) atoms. The van der Waals surface area contributed by atoms with Gasteiger partial charge in [-0.05, 0) is 41.4 Å². The minimum Gasteiger partial charge on any atom is -0.461 e. The highest BCUT2D eigenvalue weighted by atomic mass is 79.9. The lowest BCUT2D eigenvalue weighted by molar-refractivity contribution is 0.0514. The summed E-state index contributed by atoms with van der Waals surface area (Å²) >= 11 is 9.49. The second kappa shape index (κ2) is 6.37. The first-order valence-corrected chi connectivity index (χ1v) is 7.32. The summed E-state index contributed by atoms with van der Waals surface area (Å²) in [6.07, 6.45) is 2.23. The highest BCUT2D eigenvalue weighted by Gasteiger charge is 2.24. The molecule has 0 fully saturated rings. The Labute approximate surface area is 130 Å². The third kappa shape index (κ3) is 2.71. The molecule has 0 amide bonds. The molecule has 0 aliphatic carbocycles. The van der Waals surface area contributed by atoms with Crippen LogP contribution in [0.1, 0.15) is 29.9 Å². The van der Waals surface area contributed by atoms with Gasteiger partial charge in [0.15, 0.2) is 11.5 Å². The summed E-state index contributed by atoms with van der Waals surface area (Å²) in [6.45, 7) is 3.99. The molecular formula is C13H13BrClN3O2. The Morgan fingerprint density at radius 1 is 1.50 bits per heavy atom. The highest BCUT2D eigenvalue weighted by molar-refractivity contribution is 9.10. The number of nitrogens with zero attached hydrogens (tertiary/aromatic N) is 3. The third-order valence-electron chi connectivity index (χ3n) is 2.70. The van der Waals surface area contributed by atoms with Crippen LogP contribution in [-0.4, -0.2) is 27.3 Å². The number of halogens is 2. The Balaban J connectivity index is 2.65. The Morgan fingerprint density at radius 3 is 2.85 bits per heavy atom. The molecule has 2 rings (SSSR count). The molecule has 0 aliphatic rings. The van der Waals surface area contributed by atoms with E-state index in [1.54, 1.807) is 25.3 Å². The maximum Gasteiger partial charge on any atom is 0.357 e. The minimum absolute atomic E-state index is 0.292. The molecule has 0 aliphatic heterocycles. The van der Waals surface area contributed by atoms with Gasteiger partial charge in [-0.3, -0.25) is 0 Å². The zero-order valence-electron chi connectivity index (χ0n) is 11.1. The van der Waals surface area contributed by atoms with Crippen LogP contribution < -0.4 is 0 Å². The quantitative estimate of drug-likeness (QED) is 0.786. The fourth-order valence-electron chi connectivity index (χ4n) is 1.83. The van der Waals surface area contributed by atoms with E-state index in [1.807, 2.05) is 6.92 Å². The standard InChI is InChI=1S/C13H13BrClN3O2/c1-3-8-10(13(19)20-4-2)18(17-11(8)14)12-9(15)6-5-7-16-12/h5-7H,3-4H2,1-2H3. The first-order chi connectivity index (χ1) is 9.60. The lowest BCUT2D eigenvalue weighted by Gasteiger charge is -2.08. The van der Waals surface area contributed by atoms with Gasteiger partial charge in [-0.2, -0.15) is 5.10 Å². The van der Waals surface area contributed by atoms with E-state index in [9.17, 15) is 4.79 Å². The lowest BCUT2D eigenvalue weighted by Crippen LogP contribution is -2.15. The van der Waals surface area contributed by atoms with Crippen LogP contribution in [-0.2, 0) is 11.2 Å². The molecule has 0 radical (unpaired) electrons. The van der Waals surface area contributed by atoms with Crippen molar-refractivity contribution in [2.45, 2.75) is 20.3 Å². The number of hydrogen-bond acceptors (Lipinski definition) is 4. The molecular weight excluding hydrogens is 346 g/mol. The van der Waals surface area contributed by atoms with Crippen LogP contribution in [0.5, 0.6) is 0 Å². The highest BCUT2D eigenvalue weighted by Crippen LogP contribution is 2.26. The lowest BCUT2D eigenvalue weighted by atomic mass is 10.2. The van der Waals surface area contributed by atoms with Gasteiger partial charge in [0.05, 0.1) is 11.6 Å². The SMILES string of the molecule is CCOC(=O)c1c(CC)c(Br)nn1-c1ncccc1Cl. The molecule has 0 spiro atoms. The van der Waals surface area contributed by atoms with Crippen LogP contribution in [0.15, 0.2) is 22.9 Å². The summed E-state index contributed by atoms with van der Waals surface area (Å²) in [7, 11) is 0. The first-order valence-electron chi connectivity index (χ1n) is 6.15. The Kier molecular flexibility index (Phi) is 4.77. The molecule has 2 aromatic rings. The predicted octanol–water partition coefficient (Wildman–Crippen LogP) is 3.42. The number of pyridine rings is 1. The molecule has 0 bridgehead atoms. The van der Waals surface area contributed by atoms with Crippen LogP contribution >= 0.6 is 27.5 Å². The number of rotatable bonds is 4. The van der Waals surface area contributed by atoms with Gasteiger partial charge < -0.3 is 4.74 Å². The smallest absolute Gasteiger partial charge is 0.357 e. The first kappa shape index (κ1) is 15.0. The molecule has 2 heterocycles. The van der Waals surface area contributed by atoms with Gasteiger partial charge in [-0.25, -0.2) is 14.5 Å². The maximum absolute atomic E-state index is 12.2. The summed E-state index contributed by atoms with van der Waals surface area (Å²) in [5.41, 5.74) is 1.12. The minimum atomic E-state index is -0.440. The average Bonchev–Trinajstić information content (AvgIpc) is 2.76. The van der Waals surface area contributed by atoms with Crippen LogP contribution in [0.25, 0.3) is 5.82 Å². The topological polar surface area (TPSA) is 57.0 Å². The van der Waals surface area contributed by atoms with Crippen molar-refractivity contribution >= 4 is 33.5 Å². The number of aromatic nitrogens is 3. The number of ether oxygens (including phenoxy) is 1. The van der Waals surface area contributed by atoms with E-state index in [0.29, 0.717) is 34.2 Å². The van der Waals surface area contributed by atoms with Crippen molar-refractivity contribution in [3.63, 3.8) is 0 Å². The summed E-state index contributed by atoms with van der Waals surface area (Å²) in [4.78, 5) is 16.3. The van der Waals surface area contributed by atoms with E-state index in [2.05, 4.69) is 26.0 Å². The van der Waals surface area contributed by atoms with Gasteiger partial charge in [0.1, 0.15) is 4.60 Å². The number of carbonyl (C=O) groups is 1. The van der Waals surface area contributed by atoms with Gasteiger partial charge in [-0.15, -0.1) is 0 Å². The maximum atomic E-state index is 12.2. The second-order valence-electron chi connectivity index (χ2n) is 3.91. The van der Waals surface area contributed by atoms with Crippen molar-refractivity contribution in [2.75, 3.05) is 6.61 Å². The monoisotopic (exact) mass is 357 g/mol. The molecule has 0 unspecified atom stereocenters. The number of hydrogen-bond donors (Lipinski definition) is 0. The van der Waals surface area contributed by atoms with E-state index in [1.165, 1.54) is 4.68 Å². The van der Waals surface area contributed by atoms with Gasteiger partial charge in [0, 0.05) is 11.8 Å². The van der Waals surface area contributed by atoms with E-state index in [-0.39, 0.29) is 0 Å². The Bertz CT molecular complexity index is 643. The Morgan fingerprint density at radius 2 is 2.25 bits per heavy atom. The molecule has 5 nitrogen and oxygen atoms in total. The van der Waals surface area contributed by atoms with Crippen LogP contribution in [0.2, 0.25) is 5.02 Å². The Hall–Kier alpha value is -1.40. The largest absolute Gasteiger partial charge is 0.461 e. The fraction of sp³-hybridized carbons (Fsp3) is 0.308. The normalized spacial score (nSPS) is 10.6. The molecule has 0 saturated heterocycles. The molecule has 0 saturated carbocycles. The van der Waals surface area contributed by atoms with Gasteiger partial charge >= 0.3 is 5.97 Å². The van der Waals surface area contributed by atoms with E-state index < -0.39 is 5.97 Å². The van der Waals surface area contributed by atoms with Gasteiger partial charge in [-0.1, -0.05) is 18.5 Å². The fourth-order valence-corrected chi connectivity index (χ4v) is 2.66. The number of carbonyl (C=O) groups excluding carboxylic acids is 1. The number of esters is 1. The van der Waals surface area contributed by atoms with E-state index >= 15 is 0 Å². The van der Waals surface area contributed by atoms with Crippen molar-refractivity contribution in [1.29, 1.82) is 0 Å². The van der Waals surface area contributed by atoms with Gasteiger partial charge in [0.2, 0.25) is 0 Å². The third-order valence-corrected chi connectivity index (χ3v) is 3.63. The molecule has 7 heteroatoms. The van der Waals surface area contributed by atoms with E-state index in [0.717, 1.165) is 5.56 Å². The zero-order chi connectivity index (χ0) is 14.7.